The average molecular weight is 229 g/mol. The highest BCUT2D eigenvalue weighted by atomic mass is 35.5. The van der Waals surface area contributed by atoms with Gasteiger partial charge in [0.05, 0.1) is 13.2 Å². The van der Waals surface area contributed by atoms with Crippen molar-refractivity contribution in [3.8, 4) is 0 Å². The number of hydrogen-bond acceptors (Lipinski definition) is 2. The van der Waals surface area contributed by atoms with Crippen LogP contribution in [0.15, 0.2) is 24.3 Å². The van der Waals surface area contributed by atoms with E-state index in [1.165, 1.54) is 0 Å². The standard InChI is InChI=1S/C12H17ClO2/c1-2-7-12(8-14,9-15)10-5-3-4-6-11(10)13/h3-6,14-15H,2,7-9H2,1H3. The first kappa shape index (κ1) is 12.5. The summed E-state index contributed by atoms with van der Waals surface area (Å²) in [6, 6.07) is 7.37. The molecule has 0 amide bonds. The van der Waals surface area contributed by atoms with E-state index in [2.05, 4.69) is 0 Å². The van der Waals surface area contributed by atoms with Gasteiger partial charge >= 0.3 is 0 Å². The lowest BCUT2D eigenvalue weighted by Gasteiger charge is -2.30. The van der Waals surface area contributed by atoms with Crippen molar-refractivity contribution < 1.29 is 10.2 Å². The van der Waals surface area contributed by atoms with Crippen molar-refractivity contribution >= 4 is 11.6 Å². The molecule has 2 nitrogen and oxygen atoms in total. The van der Waals surface area contributed by atoms with Crippen LogP contribution < -0.4 is 0 Å². The third-order valence-electron chi connectivity index (χ3n) is 2.78. The summed E-state index contributed by atoms with van der Waals surface area (Å²) in [5.41, 5.74) is 0.228. The predicted molar refractivity (Wildman–Crippen MR) is 62.2 cm³/mol. The summed E-state index contributed by atoms with van der Waals surface area (Å²) < 4.78 is 0. The van der Waals surface area contributed by atoms with Gasteiger partial charge in [-0.15, -0.1) is 0 Å². The van der Waals surface area contributed by atoms with Crippen molar-refractivity contribution in [2.45, 2.75) is 25.2 Å². The lowest BCUT2D eigenvalue weighted by Crippen LogP contribution is -2.35. The van der Waals surface area contributed by atoms with Crippen LogP contribution in [0.25, 0.3) is 0 Å². The largest absolute Gasteiger partial charge is 0.395 e. The number of benzene rings is 1. The molecular weight excluding hydrogens is 212 g/mol. The van der Waals surface area contributed by atoms with Crippen molar-refractivity contribution in [2.24, 2.45) is 0 Å². The zero-order valence-electron chi connectivity index (χ0n) is 8.91. The molecule has 0 radical (unpaired) electrons. The van der Waals surface area contributed by atoms with Gasteiger partial charge in [0.1, 0.15) is 0 Å². The topological polar surface area (TPSA) is 40.5 Å². The van der Waals surface area contributed by atoms with E-state index in [4.69, 9.17) is 11.6 Å². The van der Waals surface area contributed by atoms with Gasteiger partial charge in [-0.1, -0.05) is 43.1 Å². The van der Waals surface area contributed by atoms with Gasteiger partial charge in [0.2, 0.25) is 0 Å². The van der Waals surface area contributed by atoms with Crippen molar-refractivity contribution in [3.63, 3.8) is 0 Å². The Morgan fingerprint density at radius 2 is 1.80 bits per heavy atom. The van der Waals surface area contributed by atoms with Crippen LogP contribution in [0.1, 0.15) is 25.3 Å². The normalized spacial score (nSPS) is 11.7. The minimum atomic E-state index is -0.604. The highest BCUT2D eigenvalue weighted by Crippen LogP contribution is 2.33. The van der Waals surface area contributed by atoms with Crippen LogP contribution in [0, 0.1) is 0 Å². The van der Waals surface area contributed by atoms with Gasteiger partial charge in [0.15, 0.2) is 0 Å². The number of hydrogen-bond donors (Lipinski definition) is 2. The van der Waals surface area contributed by atoms with E-state index in [0.717, 1.165) is 18.4 Å². The number of rotatable bonds is 5. The molecule has 0 spiro atoms. The minimum absolute atomic E-state index is 0.0823. The third-order valence-corrected chi connectivity index (χ3v) is 3.11. The maximum atomic E-state index is 9.47. The van der Waals surface area contributed by atoms with Crippen LogP contribution in [0.3, 0.4) is 0 Å². The Labute approximate surface area is 95.5 Å². The van der Waals surface area contributed by atoms with Crippen LogP contribution in [0.5, 0.6) is 0 Å². The number of aliphatic hydroxyl groups excluding tert-OH is 2. The molecule has 0 aliphatic heterocycles. The van der Waals surface area contributed by atoms with Gasteiger partial charge in [-0.25, -0.2) is 0 Å². The zero-order valence-corrected chi connectivity index (χ0v) is 9.67. The van der Waals surface area contributed by atoms with Crippen molar-refractivity contribution in [1.82, 2.24) is 0 Å². The van der Waals surface area contributed by atoms with E-state index < -0.39 is 5.41 Å². The fraction of sp³-hybridized carbons (Fsp3) is 0.500. The molecule has 0 heterocycles. The Morgan fingerprint density at radius 3 is 2.27 bits per heavy atom. The molecule has 84 valence electrons. The highest BCUT2D eigenvalue weighted by molar-refractivity contribution is 6.31. The minimum Gasteiger partial charge on any atom is -0.395 e. The molecule has 0 atom stereocenters. The second-order valence-electron chi connectivity index (χ2n) is 3.83. The SMILES string of the molecule is CCCC(CO)(CO)c1ccccc1Cl. The molecule has 0 aliphatic rings. The molecule has 1 aromatic rings. The molecule has 0 unspecified atom stereocenters. The Morgan fingerprint density at radius 1 is 1.20 bits per heavy atom. The highest BCUT2D eigenvalue weighted by Gasteiger charge is 2.31. The second-order valence-corrected chi connectivity index (χ2v) is 4.23. The Kier molecular flexibility index (Phi) is 4.58. The molecule has 2 N–H and O–H groups in total. The van der Waals surface area contributed by atoms with Gasteiger partial charge in [-0.05, 0) is 18.1 Å². The molecule has 0 saturated carbocycles. The summed E-state index contributed by atoms with van der Waals surface area (Å²) in [5.74, 6) is 0. The summed E-state index contributed by atoms with van der Waals surface area (Å²) in [4.78, 5) is 0. The first-order valence-corrected chi connectivity index (χ1v) is 5.54. The lowest BCUT2D eigenvalue weighted by atomic mass is 9.78. The zero-order chi connectivity index (χ0) is 11.3. The third kappa shape index (κ3) is 2.51. The van der Waals surface area contributed by atoms with Crippen molar-refractivity contribution in [2.75, 3.05) is 13.2 Å². The Hall–Kier alpha value is -0.570. The molecular formula is C12H17ClO2. The van der Waals surface area contributed by atoms with Crippen LogP contribution in [0.4, 0.5) is 0 Å². The molecule has 1 rings (SSSR count). The van der Waals surface area contributed by atoms with Crippen LogP contribution >= 0.6 is 11.6 Å². The molecule has 0 fully saturated rings. The average Bonchev–Trinajstić information content (AvgIpc) is 2.27. The second kappa shape index (κ2) is 5.50. The Balaban J connectivity index is 3.13. The van der Waals surface area contributed by atoms with Crippen LogP contribution in [-0.4, -0.2) is 23.4 Å². The smallest absolute Gasteiger partial charge is 0.0550 e. The fourth-order valence-corrected chi connectivity index (χ4v) is 2.22. The van der Waals surface area contributed by atoms with Crippen LogP contribution in [0.2, 0.25) is 5.02 Å². The molecule has 0 bridgehead atoms. The molecule has 0 saturated heterocycles. The summed E-state index contributed by atoms with van der Waals surface area (Å²) in [7, 11) is 0. The van der Waals surface area contributed by atoms with Crippen molar-refractivity contribution in [1.29, 1.82) is 0 Å². The van der Waals surface area contributed by atoms with Gasteiger partial charge in [-0.3, -0.25) is 0 Å². The van der Waals surface area contributed by atoms with Gasteiger partial charge in [0, 0.05) is 10.4 Å². The quantitative estimate of drug-likeness (QED) is 0.813. The molecule has 3 heteroatoms. The predicted octanol–water partition coefficient (Wildman–Crippen LogP) is 2.36. The Bertz CT molecular complexity index is 308. The van der Waals surface area contributed by atoms with E-state index >= 15 is 0 Å². The number of aliphatic hydroxyl groups is 2. The maximum Gasteiger partial charge on any atom is 0.0550 e. The van der Waals surface area contributed by atoms with Gasteiger partial charge in [-0.2, -0.15) is 0 Å². The first-order chi connectivity index (χ1) is 7.20. The van der Waals surface area contributed by atoms with E-state index in [0.29, 0.717) is 5.02 Å². The maximum absolute atomic E-state index is 9.47. The van der Waals surface area contributed by atoms with Gasteiger partial charge < -0.3 is 10.2 Å². The first-order valence-electron chi connectivity index (χ1n) is 5.17. The van der Waals surface area contributed by atoms with E-state index in [-0.39, 0.29) is 13.2 Å². The number of halogens is 1. The van der Waals surface area contributed by atoms with Crippen molar-refractivity contribution in [3.05, 3.63) is 34.9 Å². The summed E-state index contributed by atoms with van der Waals surface area (Å²) in [6.45, 7) is 1.86. The van der Waals surface area contributed by atoms with E-state index in [1.807, 2.05) is 25.1 Å². The summed E-state index contributed by atoms with van der Waals surface area (Å²) in [6.07, 6.45) is 1.62. The molecule has 15 heavy (non-hydrogen) atoms. The van der Waals surface area contributed by atoms with E-state index in [1.54, 1.807) is 6.07 Å². The summed E-state index contributed by atoms with van der Waals surface area (Å²) >= 11 is 6.08. The molecule has 0 aromatic heterocycles. The monoisotopic (exact) mass is 228 g/mol. The lowest BCUT2D eigenvalue weighted by molar-refractivity contribution is 0.109. The molecule has 0 aliphatic carbocycles. The van der Waals surface area contributed by atoms with Crippen LogP contribution in [-0.2, 0) is 5.41 Å². The van der Waals surface area contributed by atoms with E-state index in [9.17, 15) is 10.2 Å². The fourth-order valence-electron chi connectivity index (χ4n) is 1.88. The molecule has 1 aromatic carbocycles. The van der Waals surface area contributed by atoms with Gasteiger partial charge in [0.25, 0.3) is 0 Å². The summed E-state index contributed by atoms with van der Waals surface area (Å²) in [5, 5.41) is 19.5.